The van der Waals surface area contributed by atoms with Crippen molar-refractivity contribution in [2.45, 2.75) is 6.04 Å². The maximum absolute atomic E-state index is 6.04. The van der Waals surface area contributed by atoms with Crippen molar-refractivity contribution in [1.82, 2.24) is 5.32 Å². The Bertz CT molecular complexity index is 892. The van der Waals surface area contributed by atoms with Crippen LogP contribution in [0.1, 0.15) is 16.7 Å². The molecule has 1 atom stereocenters. The van der Waals surface area contributed by atoms with Crippen LogP contribution in [0.2, 0.25) is 5.02 Å². The zero-order chi connectivity index (χ0) is 14.4. The minimum absolute atomic E-state index is 0.0702. The fourth-order valence-corrected chi connectivity index (χ4v) is 4.95. The van der Waals surface area contributed by atoms with Crippen LogP contribution < -0.4 is 5.32 Å². The summed E-state index contributed by atoms with van der Waals surface area (Å²) in [6.07, 6.45) is 0. The molecule has 0 bridgehead atoms. The third-order valence-electron chi connectivity index (χ3n) is 3.51. The van der Waals surface area contributed by atoms with E-state index in [1.54, 1.807) is 22.7 Å². The van der Waals surface area contributed by atoms with Crippen molar-refractivity contribution >= 4 is 54.6 Å². The highest BCUT2D eigenvalue weighted by atomic mass is 35.5. The number of hydrogen-bond donors (Lipinski definition) is 1. The van der Waals surface area contributed by atoms with Gasteiger partial charge in [0.05, 0.1) is 0 Å². The van der Waals surface area contributed by atoms with E-state index in [1.165, 1.54) is 14.3 Å². The molecule has 0 aliphatic carbocycles. The van der Waals surface area contributed by atoms with Crippen molar-refractivity contribution in [2.75, 3.05) is 7.05 Å². The monoisotopic (exact) mass is 333 g/mol. The lowest BCUT2D eigenvalue weighted by atomic mass is 10.1. The number of hydrogen-bond acceptors (Lipinski definition) is 4. The van der Waals surface area contributed by atoms with Crippen LogP contribution in [0.3, 0.4) is 0 Å². The molecule has 3 aromatic heterocycles. The van der Waals surface area contributed by atoms with Crippen LogP contribution in [0, 0.1) is 0 Å². The number of nitrogens with one attached hydrogen (secondary N) is 1. The molecule has 2 nitrogen and oxygen atoms in total. The predicted molar refractivity (Wildman–Crippen MR) is 91.8 cm³/mol. The van der Waals surface area contributed by atoms with E-state index in [1.807, 2.05) is 25.2 Å². The minimum atomic E-state index is 0.0702. The second kappa shape index (κ2) is 5.14. The normalized spacial score (nSPS) is 13.2. The van der Waals surface area contributed by atoms with Gasteiger partial charge in [0.2, 0.25) is 0 Å². The van der Waals surface area contributed by atoms with Gasteiger partial charge in [-0.3, -0.25) is 0 Å². The average molecular weight is 334 g/mol. The first-order valence-corrected chi connectivity index (χ1v) is 8.65. The van der Waals surface area contributed by atoms with Gasteiger partial charge < -0.3 is 9.73 Å². The summed E-state index contributed by atoms with van der Waals surface area (Å²) < 4.78 is 8.65. The molecular weight excluding hydrogens is 322 g/mol. The lowest BCUT2D eigenvalue weighted by Gasteiger charge is -2.10. The Balaban J connectivity index is 1.81. The van der Waals surface area contributed by atoms with Crippen molar-refractivity contribution in [1.29, 1.82) is 0 Å². The zero-order valence-electron chi connectivity index (χ0n) is 11.2. The van der Waals surface area contributed by atoms with Crippen LogP contribution in [-0.4, -0.2) is 7.05 Å². The summed E-state index contributed by atoms with van der Waals surface area (Å²) in [6.45, 7) is 0. The fraction of sp³-hybridized carbons (Fsp3) is 0.125. The number of thiophene rings is 2. The van der Waals surface area contributed by atoms with Crippen LogP contribution >= 0.6 is 34.3 Å². The molecule has 1 aromatic carbocycles. The third kappa shape index (κ3) is 2.28. The van der Waals surface area contributed by atoms with Gasteiger partial charge in [-0.15, -0.1) is 22.7 Å². The van der Waals surface area contributed by atoms with Crippen LogP contribution in [0.15, 0.2) is 46.2 Å². The first kappa shape index (κ1) is 13.3. The molecule has 1 N–H and O–H groups in total. The zero-order valence-corrected chi connectivity index (χ0v) is 13.6. The molecule has 0 amide bonds. The number of furan rings is 1. The Labute approximate surface area is 135 Å². The van der Waals surface area contributed by atoms with Crippen molar-refractivity contribution in [3.63, 3.8) is 0 Å². The maximum atomic E-state index is 6.04. The summed E-state index contributed by atoms with van der Waals surface area (Å²) in [6, 6.07) is 12.2. The Hall–Kier alpha value is -1.33. The number of fused-ring (bicyclic) bond motifs is 2. The van der Waals surface area contributed by atoms with E-state index < -0.39 is 0 Å². The topological polar surface area (TPSA) is 25.2 Å². The number of halogens is 1. The molecule has 0 radical (unpaired) electrons. The molecule has 106 valence electrons. The molecule has 4 aromatic rings. The van der Waals surface area contributed by atoms with Crippen LogP contribution in [-0.2, 0) is 0 Å². The van der Waals surface area contributed by atoms with E-state index in [9.17, 15) is 0 Å². The highest BCUT2D eigenvalue weighted by Crippen LogP contribution is 2.37. The van der Waals surface area contributed by atoms with Crippen molar-refractivity contribution < 1.29 is 4.42 Å². The standard InChI is InChI=1S/C16H12ClNOS2/c1-18-16(15-8-14-13(21-15)4-5-20-14)12-7-9-6-10(17)2-3-11(9)19-12/h2-8,16,18H,1H3. The number of rotatable bonds is 3. The first-order valence-electron chi connectivity index (χ1n) is 6.58. The molecule has 0 aliphatic heterocycles. The Morgan fingerprint density at radius 3 is 2.86 bits per heavy atom. The van der Waals surface area contributed by atoms with Crippen LogP contribution in [0.25, 0.3) is 20.4 Å². The van der Waals surface area contributed by atoms with E-state index in [-0.39, 0.29) is 6.04 Å². The SMILES string of the molecule is CNC(c1cc2cc(Cl)ccc2o1)c1cc2sccc2s1. The summed E-state index contributed by atoms with van der Waals surface area (Å²) in [7, 11) is 1.96. The lowest BCUT2D eigenvalue weighted by Crippen LogP contribution is -2.15. The Kier molecular flexibility index (Phi) is 3.27. The van der Waals surface area contributed by atoms with Gasteiger partial charge in [0, 0.05) is 24.7 Å². The van der Waals surface area contributed by atoms with E-state index in [0.717, 1.165) is 21.8 Å². The van der Waals surface area contributed by atoms with Crippen molar-refractivity contribution in [2.24, 2.45) is 0 Å². The molecular formula is C16H12ClNOS2. The largest absolute Gasteiger partial charge is 0.459 e. The molecule has 1 unspecified atom stereocenters. The molecule has 5 heteroatoms. The molecule has 0 spiro atoms. The highest BCUT2D eigenvalue weighted by Gasteiger charge is 2.19. The summed E-state index contributed by atoms with van der Waals surface area (Å²) >= 11 is 9.62. The van der Waals surface area contributed by atoms with Crippen LogP contribution in [0.4, 0.5) is 0 Å². The van der Waals surface area contributed by atoms with Crippen molar-refractivity contribution in [3.05, 3.63) is 57.4 Å². The summed E-state index contributed by atoms with van der Waals surface area (Å²) in [5.41, 5.74) is 0.869. The van der Waals surface area contributed by atoms with Crippen LogP contribution in [0.5, 0.6) is 0 Å². The smallest absolute Gasteiger partial charge is 0.134 e. The Morgan fingerprint density at radius 2 is 2.05 bits per heavy atom. The minimum Gasteiger partial charge on any atom is -0.459 e. The first-order chi connectivity index (χ1) is 10.2. The third-order valence-corrected chi connectivity index (χ3v) is 5.91. The number of benzene rings is 1. The molecule has 0 fully saturated rings. The van der Waals surface area contributed by atoms with Gasteiger partial charge >= 0.3 is 0 Å². The van der Waals surface area contributed by atoms with Crippen molar-refractivity contribution in [3.8, 4) is 0 Å². The van der Waals surface area contributed by atoms with E-state index in [0.29, 0.717) is 0 Å². The molecule has 21 heavy (non-hydrogen) atoms. The molecule has 0 saturated carbocycles. The molecule has 0 aliphatic rings. The molecule has 3 heterocycles. The van der Waals surface area contributed by atoms with E-state index in [2.05, 4.69) is 28.9 Å². The quantitative estimate of drug-likeness (QED) is 0.522. The second-order valence-corrected chi connectivity index (χ2v) is 7.35. The summed E-state index contributed by atoms with van der Waals surface area (Å²) in [5.74, 6) is 0.920. The predicted octanol–water partition coefficient (Wildman–Crippen LogP) is 5.67. The average Bonchev–Trinajstić information content (AvgIpc) is 3.12. The van der Waals surface area contributed by atoms with E-state index >= 15 is 0 Å². The lowest BCUT2D eigenvalue weighted by molar-refractivity contribution is 0.495. The van der Waals surface area contributed by atoms with E-state index in [4.69, 9.17) is 16.0 Å². The molecule has 4 rings (SSSR count). The van der Waals surface area contributed by atoms with Gasteiger partial charge in [-0.1, -0.05) is 11.6 Å². The summed E-state index contributed by atoms with van der Waals surface area (Å²) in [4.78, 5) is 1.27. The fourth-order valence-electron chi connectivity index (χ4n) is 2.53. The Morgan fingerprint density at radius 1 is 1.14 bits per heavy atom. The highest BCUT2D eigenvalue weighted by molar-refractivity contribution is 7.27. The summed E-state index contributed by atoms with van der Waals surface area (Å²) in [5, 5.41) is 7.24. The van der Waals surface area contributed by atoms with Gasteiger partial charge in [0.25, 0.3) is 0 Å². The van der Waals surface area contributed by atoms with Gasteiger partial charge in [-0.2, -0.15) is 0 Å². The van der Waals surface area contributed by atoms with Gasteiger partial charge in [0.15, 0.2) is 0 Å². The van der Waals surface area contributed by atoms with Gasteiger partial charge in [0.1, 0.15) is 17.4 Å². The van der Waals surface area contributed by atoms with Gasteiger partial charge in [-0.25, -0.2) is 0 Å². The second-order valence-electron chi connectivity index (χ2n) is 4.85. The maximum Gasteiger partial charge on any atom is 0.134 e. The molecule has 0 saturated heterocycles. The van der Waals surface area contributed by atoms with Gasteiger partial charge in [-0.05, 0) is 48.8 Å².